The van der Waals surface area contributed by atoms with Crippen LogP contribution >= 0.6 is 0 Å². The monoisotopic (exact) mass is 380 g/mol. The minimum Gasteiger partial charge on any atom is -0.507 e. The summed E-state index contributed by atoms with van der Waals surface area (Å²) in [5.74, 6) is 1.56. The second-order valence-corrected chi connectivity index (χ2v) is 8.54. The highest BCUT2D eigenvalue weighted by atomic mass is 16.3. The fourth-order valence-electron chi connectivity index (χ4n) is 4.91. The zero-order valence-corrected chi connectivity index (χ0v) is 16.8. The summed E-state index contributed by atoms with van der Waals surface area (Å²) in [4.78, 5) is 18.5. The Morgan fingerprint density at radius 2 is 1.68 bits per heavy atom. The molecule has 0 spiro atoms. The van der Waals surface area contributed by atoms with Gasteiger partial charge in [0.1, 0.15) is 11.6 Å². The van der Waals surface area contributed by atoms with Gasteiger partial charge in [0, 0.05) is 12.1 Å². The van der Waals surface area contributed by atoms with Crippen molar-refractivity contribution in [3.63, 3.8) is 0 Å². The Hall–Kier alpha value is -2.10. The van der Waals surface area contributed by atoms with E-state index in [9.17, 15) is 9.90 Å². The van der Waals surface area contributed by atoms with E-state index >= 15 is 0 Å². The molecule has 4 rings (SSSR count). The Kier molecular flexibility index (Phi) is 6.13. The summed E-state index contributed by atoms with van der Waals surface area (Å²) >= 11 is 0. The zero-order valence-electron chi connectivity index (χ0n) is 16.8. The van der Waals surface area contributed by atoms with Gasteiger partial charge in [0.2, 0.25) is 0 Å². The van der Waals surface area contributed by atoms with E-state index in [1.54, 1.807) is 6.07 Å². The minimum absolute atomic E-state index is 0.126. The van der Waals surface area contributed by atoms with Gasteiger partial charge in [-0.1, -0.05) is 57.1 Å². The van der Waals surface area contributed by atoms with Crippen LogP contribution in [0.4, 0.5) is 0 Å². The number of aryl methyl sites for hydroxylation is 1. The number of benzene rings is 1. The standard InChI is InChI=1S/C24H32N2O2/c27-22-15-9-8-13-20(22)23-25-21-14-7-2-1-6-12-19(21)24(28)26(23)17-16-18-10-4-3-5-11-18/h8-9,13,15,18,27H,1-7,10-12,14,16-17H2. The van der Waals surface area contributed by atoms with E-state index < -0.39 is 0 Å². The van der Waals surface area contributed by atoms with Crippen LogP contribution in [0, 0.1) is 5.92 Å². The molecule has 150 valence electrons. The second-order valence-electron chi connectivity index (χ2n) is 8.54. The second kappa shape index (κ2) is 8.93. The van der Waals surface area contributed by atoms with Crippen LogP contribution in [-0.2, 0) is 19.4 Å². The van der Waals surface area contributed by atoms with Crippen molar-refractivity contribution in [3.8, 4) is 17.1 Å². The third-order valence-electron chi connectivity index (χ3n) is 6.57. The van der Waals surface area contributed by atoms with E-state index in [1.807, 2.05) is 22.8 Å². The number of hydrogen-bond donors (Lipinski definition) is 1. The number of hydrogen-bond acceptors (Lipinski definition) is 3. The molecule has 0 aliphatic heterocycles. The summed E-state index contributed by atoms with van der Waals surface area (Å²) in [6.07, 6.45) is 13.8. The van der Waals surface area contributed by atoms with Gasteiger partial charge >= 0.3 is 0 Å². The van der Waals surface area contributed by atoms with Crippen LogP contribution in [0.5, 0.6) is 5.75 Å². The van der Waals surface area contributed by atoms with Gasteiger partial charge in [0.15, 0.2) is 0 Å². The molecule has 0 bridgehead atoms. The lowest BCUT2D eigenvalue weighted by molar-refractivity contribution is 0.322. The van der Waals surface area contributed by atoms with Crippen molar-refractivity contribution in [2.45, 2.75) is 83.6 Å². The summed E-state index contributed by atoms with van der Waals surface area (Å²) < 4.78 is 1.87. The first-order valence-electron chi connectivity index (χ1n) is 11.1. The largest absolute Gasteiger partial charge is 0.507 e. The lowest BCUT2D eigenvalue weighted by Gasteiger charge is -2.24. The molecule has 1 saturated carbocycles. The van der Waals surface area contributed by atoms with Gasteiger partial charge in [-0.3, -0.25) is 9.36 Å². The number of fused-ring (bicyclic) bond motifs is 1. The first kappa shape index (κ1) is 19.2. The molecule has 1 N–H and O–H groups in total. The molecular formula is C24H32N2O2. The van der Waals surface area contributed by atoms with Crippen molar-refractivity contribution >= 4 is 0 Å². The lowest BCUT2D eigenvalue weighted by atomic mass is 9.87. The van der Waals surface area contributed by atoms with Crippen LogP contribution < -0.4 is 5.56 Å². The van der Waals surface area contributed by atoms with Gasteiger partial charge in [-0.25, -0.2) is 4.98 Å². The van der Waals surface area contributed by atoms with Crippen molar-refractivity contribution in [2.75, 3.05) is 0 Å². The molecule has 1 heterocycles. The molecule has 1 aromatic heterocycles. The maximum Gasteiger partial charge on any atom is 0.257 e. The van der Waals surface area contributed by atoms with Crippen molar-refractivity contribution in [1.82, 2.24) is 9.55 Å². The number of para-hydroxylation sites is 1. The Morgan fingerprint density at radius 3 is 2.46 bits per heavy atom. The van der Waals surface area contributed by atoms with Gasteiger partial charge < -0.3 is 5.11 Å². The van der Waals surface area contributed by atoms with E-state index in [4.69, 9.17) is 4.98 Å². The number of phenols is 1. The van der Waals surface area contributed by atoms with Gasteiger partial charge in [0.25, 0.3) is 5.56 Å². The number of rotatable bonds is 4. The van der Waals surface area contributed by atoms with Crippen LogP contribution in [0.3, 0.4) is 0 Å². The molecule has 4 nitrogen and oxygen atoms in total. The highest BCUT2D eigenvalue weighted by Crippen LogP contribution is 2.30. The molecule has 4 heteroatoms. The molecule has 1 aromatic carbocycles. The van der Waals surface area contributed by atoms with Crippen LogP contribution in [0.15, 0.2) is 29.1 Å². The van der Waals surface area contributed by atoms with Crippen LogP contribution in [0.25, 0.3) is 11.4 Å². The zero-order chi connectivity index (χ0) is 19.3. The van der Waals surface area contributed by atoms with Gasteiger partial charge in [-0.05, 0) is 50.2 Å². The molecule has 0 amide bonds. The van der Waals surface area contributed by atoms with Crippen molar-refractivity contribution in [3.05, 3.63) is 45.9 Å². The molecule has 2 aliphatic rings. The molecule has 1 fully saturated rings. The average molecular weight is 381 g/mol. The van der Waals surface area contributed by atoms with Crippen LogP contribution in [0.1, 0.15) is 75.5 Å². The molecule has 28 heavy (non-hydrogen) atoms. The van der Waals surface area contributed by atoms with E-state index in [1.165, 1.54) is 44.9 Å². The first-order chi connectivity index (χ1) is 13.7. The van der Waals surface area contributed by atoms with Crippen LogP contribution in [-0.4, -0.2) is 14.7 Å². The smallest absolute Gasteiger partial charge is 0.257 e. The topological polar surface area (TPSA) is 55.1 Å². The predicted octanol–water partition coefficient (Wildman–Crippen LogP) is 5.25. The summed E-state index contributed by atoms with van der Waals surface area (Å²) in [5.41, 5.74) is 2.67. The summed E-state index contributed by atoms with van der Waals surface area (Å²) in [7, 11) is 0. The SMILES string of the molecule is O=c1c2c(nc(-c3ccccc3O)n1CCC1CCCCC1)CCCCCC2. The maximum atomic E-state index is 13.5. The summed E-state index contributed by atoms with van der Waals surface area (Å²) in [6, 6.07) is 7.29. The number of aromatic nitrogens is 2. The highest BCUT2D eigenvalue weighted by Gasteiger charge is 2.21. The van der Waals surface area contributed by atoms with Gasteiger partial charge in [-0.15, -0.1) is 0 Å². The van der Waals surface area contributed by atoms with Gasteiger partial charge in [-0.2, -0.15) is 0 Å². The summed E-state index contributed by atoms with van der Waals surface area (Å²) in [6.45, 7) is 0.702. The molecule has 0 unspecified atom stereocenters. The normalized spacial score (nSPS) is 18.3. The number of phenolic OH excluding ortho intramolecular Hbond substituents is 1. The van der Waals surface area contributed by atoms with Gasteiger partial charge in [0.05, 0.1) is 11.3 Å². The molecule has 0 radical (unpaired) electrons. The quantitative estimate of drug-likeness (QED) is 0.788. The molecular weight excluding hydrogens is 348 g/mol. The third-order valence-corrected chi connectivity index (χ3v) is 6.57. The van der Waals surface area contributed by atoms with Crippen molar-refractivity contribution in [2.24, 2.45) is 5.92 Å². The maximum absolute atomic E-state index is 13.5. The van der Waals surface area contributed by atoms with Crippen molar-refractivity contribution in [1.29, 1.82) is 0 Å². The van der Waals surface area contributed by atoms with Crippen molar-refractivity contribution < 1.29 is 5.11 Å². The lowest BCUT2D eigenvalue weighted by Crippen LogP contribution is -2.30. The molecule has 2 aliphatic carbocycles. The fraction of sp³-hybridized carbons (Fsp3) is 0.583. The Morgan fingerprint density at radius 1 is 0.964 bits per heavy atom. The predicted molar refractivity (Wildman–Crippen MR) is 113 cm³/mol. The molecule has 2 aromatic rings. The Labute approximate surface area is 167 Å². The summed E-state index contributed by atoms with van der Waals surface area (Å²) in [5, 5.41) is 10.4. The van der Waals surface area contributed by atoms with E-state index in [0.717, 1.165) is 43.4 Å². The number of nitrogens with zero attached hydrogens (tertiary/aromatic N) is 2. The van der Waals surface area contributed by atoms with Crippen LogP contribution in [0.2, 0.25) is 0 Å². The Bertz CT molecular complexity index is 865. The van der Waals surface area contributed by atoms with E-state index in [0.29, 0.717) is 23.9 Å². The third kappa shape index (κ3) is 4.16. The average Bonchev–Trinajstić information content (AvgIpc) is 2.69. The highest BCUT2D eigenvalue weighted by molar-refractivity contribution is 5.64. The van der Waals surface area contributed by atoms with E-state index in [2.05, 4.69) is 0 Å². The minimum atomic E-state index is 0.126. The number of aromatic hydroxyl groups is 1. The fourth-order valence-corrected chi connectivity index (χ4v) is 4.91. The molecule has 0 saturated heterocycles. The first-order valence-corrected chi connectivity index (χ1v) is 11.1. The molecule has 0 atom stereocenters. The van der Waals surface area contributed by atoms with E-state index in [-0.39, 0.29) is 11.3 Å². The Balaban J connectivity index is 1.75.